The monoisotopic (exact) mass is 629 g/mol. The van der Waals surface area contributed by atoms with Gasteiger partial charge < -0.3 is 0 Å². The zero-order chi connectivity index (χ0) is 31.6. The van der Waals surface area contributed by atoms with Crippen molar-refractivity contribution in [3.05, 3.63) is 147 Å². The third-order valence-corrected chi connectivity index (χ3v) is 10.9. The van der Waals surface area contributed by atoms with E-state index in [-0.39, 0.29) is 11.5 Å². The number of carbonyl (C=O) groups excluding carboxylic acids is 1. The van der Waals surface area contributed by atoms with Gasteiger partial charge in [-0.25, -0.2) is 20.1 Å². The van der Waals surface area contributed by atoms with Crippen molar-refractivity contribution < 1.29 is 4.79 Å². The Labute approximate surface area is 273 Å². The highest BCUT2D eigenvalue weighted by molar-refractivity contribution is 7.30. The van der Waals surface area contributed by atoms with Crippen LogP contribution in [0, 0.1) is 17.9 Å². The van der Waals surface area contributed by atoms with Gasteiger partial charge in [-0.1, -0.05) is 60.7 Å². The first-order valence-electron chi connectivity index (χ1n) is 14.6. The smallest absolute Gasteiger partial charge is 0.270 e. The van der Waals surface area contributed by atoms with Crippen LogP contribution in [0.3, 0.4) is 0 Å². The number of Topliss-reactive ketones (excluding diaryl/α,β-unsaturated/α-hetero) is 1. The minimum absolute atomic E-state index is 0.0756. The predicted molar refractivity (Wildman–Crippen MR) is 185 cm³/mol. The Morgan fingerprint density at radius 3 is 2.26 bits per heavy atom. The van der Waals surface area contributed by atoms with Crippen LogP contribution in [0.2, 0.25) is 0 Å². The number of carbonyl (C=O) groups is 1. The number of fused-ring (bicyclic) bond motifs is 6. The molecule has 0 radical (unpaired) electrons. The fraction of sp³-hybridized carbons (Fsp3) is 0.0789. The molecule has 46 heavy (non-hydrogen) atoms. The maximum Gasteiger partial charge on any atom is 0.270 e. The van der Waals surface area contributed by atoms with Gasteiger partial charge in [0.25, 0.3) is 5.70 Å². The summed E-state index contributed by atoms with van der Waals surface area (Å²) in [5.41, 5.74) is 6.49. The Hall–Kier alpha value is -5.67. The molecule has 6 aromatic rings. The van der Waals surface area contributed by atoms with Crippen molar-refractivity contribution in [2.75, 3.05) is 4.90 Å². The highest BCUT2D eigenvalue weighted by Gasteiger charge is 2.42. The van der Waals surface area contributed by atoms with E-state index in [0.717, 1.165) is 47.7 Å². The summed E-state index contributed by atoms with van der Waals surface area (Å²) in [6, 6.07) is 31.7. The number of nitriles is 1. The van der Waals surface area contributed by atoms with Crippen molar-refractivity contribution in [1.82, 2.24) is 9.97 Å². The quantitative estimate of drug-likeness (QED) is 0.110. The lowest BCUT2D eigenvalue weighted by molar-refractivity contribution is 0.104. The molecular weight excluding hydrogens is 607 g/mol. The molecule has 3 aromatic heterocycles. The molecule has 218 valence electrons. The van der Waals surface area contributed by atoms with Gasteiger partial charge in [0.1, 0.15) is 5.69 Å². The summed E-state index contributed by atoms with van der Waals surface area (Å²) < 4.78 is 2.25. The second-order valence-electron chi connectivity index (χ2n) is 11.6. The van der Waals surface area contributed by atoms with Gasteiger partial charge in [0.05, 0.1) is 34.1 Å². The minimum atomic E-state index is -0.414. The highest BCUT2D eigenvalue weighted by Crippen LogP contribution is 2.56. The van der Waals surface area contributed by atoms with E-state index in [4.69, 9.17) is 16.5 Å². The Balaban J connectivity index is 1.23. The lowest BCUT2D eigenvalue weighted by atomic mass is 9.86. The van der Waals surface area contributed by atoms with Crippen LogP contribution in [0.15, 0.2) is 108 Å². The van der Waals surface area contributed by atoms with Gasteiger partial charge in [-0.05, 0) is 55.8 Å². The topological polar surface area (TPSA) is 74.2 Å². The Bertz CT molecular complexity index is 2330. The van der Waals surface area contributed by atoms with E-state index in [2.05, 4.69) is 53.9 Å². The minimum Gasteiger partial charge on any atom is -0.294 e. The van der Waals surface area contributed by atoms with Crippen LogP contribution in [0.4, 0.5) is 17.2 Å². The van der Waals surface area contributed by atoms with E-state index in [0.29, 0.717) is 22.3 Å². The molecule has 0 fully saturated rings. The third-order valence-electron chi connectivity index (χ3n) is 8.53. The molecule has 0 aliphatic heterocycles. The van der Waals surface area contributed by atoms with Crippen LogP contribution in [0.1, 0.15) is 45.9 Å². The average molecular weight is 630 g/mol. The molecular formula is C38H23N5OS2. The molecule has 3 heterocycles. The first kappa shape index (κ1) is 27.8. The number of hydrogen-bond acceptors (Lipinski definition) is 7. The zero-order valence-electron chi connectivity index (χ0n) is 24.8. The molecule has 0 unspecified atom stereocenters. The van der Waals surface area contributed by atoms with Gasteiger partial charge in [0.2, 0.25) is 0 Å². The maximum atomic E-state index is 13.5. The largest absolute Gasteiger partial charge is 0.294 e. The molecule has 0 bridgehead atoms. The number of rotatable bonds is 4. The zero-order valence-corrected chi connectivity index (χ0v) is 26.4. The summed E-state index contributed by atoms with van der Waals surface area (Å²) in [5.74, 6) is 0.581. The number of hydrogen-bond donors (Lipinski definition) is 0. The lowest BCUT2D eigenvalue weighted by Crippen LogP contribution is -2.19. The van der Waals surface area contributed by atoms with Gasteiger partial charge in [-0.2, -0.15) is 0 Å². The lowest BCUT2D eigenvalue weighted by Gasteiger charge is -2.26. The normalized spacial score (nSPS) is 16.1. The molecule has 8 rings (SSSR count). The summed E-state index contributed by atoms with van der Waals surface area (Å²) in [4.78, 5) is 31.4. The Kier molecular flexibility index (Phi) is 6.33. The highest BCUT2D eigenvalue weighted by atomic mass is 32.1. The average Bonchev–Trinajstić information content (AvgIpc) is 3.77. The molecule has 8 heteroatoms. The van der Waals surface area contributed by atoms with E-state index >= 15 is 0 Å². The number of nitrogens with zero attached hydrogens (tertiary/aromatic N) is 5. The van der Waals surface area contributed by atoms with Crippen LogP contribution in [-0.2, 0) is 5.41 Å². The van der Waals surface area contributed by atoms with Crippen molar-refractivity contribution in [3.8, 4) is 16.6 Å². The predicted octanol–water partition coefficient (Wildman–Crippen LogP) is 9.96. The van der Waals surface area contributed by atoms with Crippen LogP contribution in [0.5, 0.6) is 0 Å². The van der Waals surface area contributed by atoms with E-state index < -0.39 is 5.41 Å². The van der Waals surface area contributed by atoms with Crippen molar-refractivity contribution in [1.29, 1.82) is 5.26 Å². The van der Waals surface area contributed by atoms with Gasteiger partial charge in [0, 0.05) is 48.6 Å². The number of thiophene rings is 2. The van der Waals surface area contributed by atoms with E-state index in [9.17, 15) is 10.1 Å². The summed E-state index contributed by atoms with van der Waals surface area (Å²) in [6.07, 6.45) is 3.69. The van der Waals surface area contributed by atoms with Crippen LogP contribution >= 0.6 is 22.7 Å². The molecule has 3 aromatic carbocycles. The molecule has 0 saturated carbocycles. The summed E-state index contributed by atoms with van der Waals surface area (Å²) in [7, 11) is 0. The Morgan fingerprint density at radius 2 is 1.61 bits per heavy atom. The van der Waals surface area contributed by atoms with Gasteiger partial charge in [-0.3, -0.25) is 9.69 Å². The van der Waals surface area contributed by atoms with E-state index in [1.54, 1.807) is 40.9 Å². The second-order valence-corrected chi connectivity index (χ2v) is 13.7. The van der Waals surface area contributed by atoms with Gasteiger partial charge in [-0.15, -0.1) is 22.7 Å². The van der Waals surface area contributed by atoms with Gasteiger partial charge in [0.15, 0.2) is 11.6 Å². The van der Waals surface area contributed by atoms with Crippen LogP contribution < -0.4 is 4.90 Å². The molecule has 0 N–H and O–H groups in total. The standard InChI is InChI=1S/C38H23N5OS2/c1-38(2)32-35-29(19-24(45-35)18-27-31(28(20-39)40-3)25-16-10-11-17-26(25)34(27)44)46-36(32)33-37(38)42-30(21-41-33)43(22-12-6-4-7-13-22)23-14-8-5-9-15-23/h4-19,21H,1-2H3/b27-18-,31-28-. The molecule has 2 aliphatic carbocycles. The number of aromatic nitrogens is 2. The molecule has 2 aliphatic rings. The first-order chi connectivity index (χ1) is 22.4. The SMILES string of the molecule is [C-]#[N+]/C(C#N)=C1\C(=C\c2cc3sc4c(c3s2)C(C)(C)c2nc(N(c3ccccc3)c3ccccc3)cnc2-4)C(=O)c2ccccc21. The van der Waals surface area contributed by atoms with Crippen molar-refractivity contribution in [2.24, 2.45) is 0 Å². The van der Waals surface area contributed by atoms with Crippen LogP contribution in [0.25, 0.3) is 36.5 Å². The number of anilines is 3. The van der Waals surface area contributed by atoms with Crippen molar-refractivity contribution in [2.45, 2.75) is 19.3 Å². The molecule has 6 nitrogen and oxygen atoms in total. The fourth-order valence-electron chi connectivity index (χ4n) is 6.46. The second kappa shape index (κ2) is 10.5. The molecule has 0 spiro atoms. The molecule has 0 amide bonds. The third kappa shape index (κ3) is 4.09. The van der Waals surface area contributed by atoms with Crippen molar-refractivity contribution in [3.63, 3.8) is 0 Å². The molecule has 0 saturated heterocycles. The number of benzene rings is 3. The van der Waals surface area contributed by atoms with Gasteiger partial charge >= 0.3 is 0 Å². The molecule has 0 atom stereocenters. The summed E-state index contributed by atoms with van der Waals surface area (Å²) in [5, 5.41) is 9.73. The number of allylic oxidation sites excluding steroid dienone is 3. The Morgan fingerprint density at radius 1 is 0.957 bits per heavy atom. The van der Waals surface area contributed by atoms with E-state index in [1.807, 2.05) is 60.8 Å². The van der Waals surface area contributed by atoms with Crippen molar-refractivity contribution >= 4 is 66.7 Å². The first-order valence-corrected chi connectivity index (χ1v) is 16.3. The maximum absolute atomic E-state index is 13.5. The summed E-state index contributed by atoms with van der Waals surface area (Å²) >= 11 is 3.30. The summed E-state index contributed by atoms with van der Waals surface area (Å²) in [6.45, 7) is 12.0. The number of ketones is 1. The van der Waals surface area contributed by atoms with E-state index in [1.165, 1.54) is 5.56 Å². The fourth-order valence-corrected chi connectivity index (χ4v) is 9.37. The van der Waals surface area contributed by atoms with Crippen LogP contribution in [-0.4, -0.2) is 15.8 Å². The number of para-hydroxylation sites is 2.